The number of hydrogen-bond acceptors (Lipinski definition) is 7. The van der Waals surface area contributed by atoms with E-state index in [0.29, 0.717) is 29.5 Å². The minimum Gasteiger partial charge on any atom is -0.493 e. The van der Waals surface area contributed by atoms with Gasteiger partial charge in [0.05, 0.1) is 21.3 Å². The fraction of sp³-hybridized carbons (Fsp3) is 0.286. The van der Waals surface area contributed by atoms with Crippen molar-refractivity contribution in [1.82, 2.24) is 9.97 Å². The molecule has 2 aromatic rings. The van der Waals surface area contributed by atoms with Crippen molar-refractivity contribution in [1.29, 1.82) is 0 Å². The minimum atomic E-state index is 0. The maximum absolute atomic E-state index is 5.85. The molecule has 0 spiro atoms. The van der Waals surface area contributed by atoms with Crippen molar-refractivity contribution in [3.8, 4) is 17.2 Å². The van der Waals surface area contributed by atoms with Gasteiger partial charge in [-0.2, -0.15) is 18.5 Å². The molecule has 0 bridgehead atoms. The number of anilines is 2. The van der Waals surface area contributed by atoms with Crippen LogP contribution in [-0.4, -0.2) is 31.3 Å². The largest absolute Gasteiger partial charge is 0.493 e. The van der Waals surface area contributed by atoms with E-state index >= 15 is 0 Å². The Hall–Kier alpha value is -2.35. The molecular weight excluding hydrogens is 304 g/mol. The number of nitrogen functional groups attached to an aromatic ring is 2. The van der Waals surface area contributed by atoms with Crippen LogP contribution in [-0.2, 0) is 6.42 Å². The quantitative estimate of drug-likeness (QED) is 0.855. The van der Waals surface area contributed by atoms with E-state index in [-0.39, 0.29) is 19.4 Å². The van der Waals surface area contributed by atoms with Gasteiger partial charge in [0.25, 0.3) is 0 Å². The second kappa shape index (κ2) is 7.60. The van der Waals surface area contributed by atoms with Crippen molar-refractivity contribution in [3.05, 3.63) is 29.5 Å². The molecule has 2 rings (SSSR count). The van der Waals surface area contributed by atoms with Gasteiger partial charge in [0.1, 0.15) is 5.82 Å². The average molecular weight is 324 g/mol. The van der Waals surface area contributed by atoms with E-state index in [4.69, 9.17) is 25.7 Å². The zero-order chi connectivity index (χ0) is 15.4. The highest BCUT2D eigenvalue weighted by Gasteiger charge is 2.14. The maximum Gasteiger partial charge on any atom is 0.221 e. The Balaban J connectivity index is 0.00000242. The Bertz CT molecular complexity index is 627. The molecule has 0 aliphatic carbocycles. The summed E-state index contributed by atoms with van der Waals surface area (Å²) in [5.74, 6) is 2.23. The summed E-state index contributed by atoms with van der Waals surface area (Å²) < 4.78 is 15.9. The molecule has 1 aromatic carbocycles. The fourth-order valence-electron chi connectivity index (χ4n) is 2.03. The second-order valence-electron chi connectivity index (χ2n) is 4.35. The molecule has 0 aliphatic heterocycles. The Morgan fingerprint density at radius 3 is 2.05 bits per heavy atom. The first-order valence-corrected chi connectivity index (χ1v) is 6.24. The fourth-order valence-corrected chi connectivity index (χ4v) is 2.03. The lowest BCUT2D eigenvalue weighted by molar-refractivity contribution is 0.324. The lowest BCUT2D eigenvalue weighted by Gasteiger charge is -2.14. The van der Waals surface area contributed by atoms with Gasteiger partial charge in [-0.15, -0.1) is 0 Å². The normalized spacial score (nSPS) is 9.77. The van der Waals surface area contributed by atoms with E-state index in [1.54, 1.807) is 27.5 Å². The van der Waals surface area contributed by atoms with Gasteiger partial charge < -0.3 is 25.7 Å². The highest BCUT2D eigenvalue weighted by atomic mass is 32.1. The highest BCUT2D eigenvalue weighted by Crippen LogP contribution is 2.38. The van der Waals surface area contributed by atoms with Crippen LogP contribution >= 0.6 is 13.5 Å². The zero-order valence-electron chi connectivity index (χ0n) is 12.7. The summed E-state index contributed by atoms with van der Waals surface area (Å²) in [5.41, 5.74) is 13.1. The van der Waals surface area contributed by atoms with Crippen molar-refractivity contribution >= 4 is 25.3 Å². The molecule has 0 amide bonds. The third kappa shape index (κ3) is 3.64. The molecule has 1 heterocycles. The summed E-state index contributed by atoms with van der Waals surface area (Å²) in [7, 11) is 4.70. The molecule has 4 N–H and O–H groups in total. The minimum absolute atomic E-state index is 0. The van der Waals surface area contributed by atoms with Gasteiger partial charge in [-0.3, -0.25) is 0 Å². The van der Waals surface area contributed by atoms with Crippen LogP contribution in [0.4, 0.5) is 11.8 Å². The summed E-state index contributed by atoms with van der Waals surface area (Å²) in [5, 5.41) is 0. The molecule has 120 valence electrons. The number of nitrogens with zero attached hydrogens (tertiary/aromatic N) is 2. The smallest absolute Gasteiger partial charge is 0.221 e. The molecule has 0 radical (unpaired) electrons. The van der Waals surface area contributed by atoms with Gasteiger partial charge >= 0.3 is 0 Å². The monoisotopic (exact) mass is 324 g/mol. The molecule has 22 heavy (non-hydrogen) atoms. The van der Waals surface area contributed by atoms with E-state index in [0.717, 1.165) is 11.1 Å². The van der Waals surface area contributed by atoms with Crippen LogP contribution in [0.15, 0.2) is 18.3 Å². The first-order chi connectivity index (χ1) is 10.1. The van der Waals surface area contributed by atoms with Gasteiger partial charge in [0.2, 0.25) is 11.7 Å². The first-order valence-electron chi connectivity index (χ1n) is 6.24. The van der Waals surface area contributed by atoms with Crippen LogP contribution in [0.1, 0.15) is 11.1 Å². The lowest BCUT2D eigenvalue weighted by atomic mass is 10.1. The van der Waals surface area contributed by atoms with Gasteiger partial charge in [-0.1, -0.05) is 0 Å². The molecule has 0 aliphatic rings. The lowest BCUT2D eigenvalue weighted by Crippen LogP contribution is -2.04. The topological polar surface area (TPSA) is 106 Å². The number of rotatable bonds is 5. The molecule has 0 fully saturated rings. The number of hydrogen-bond donors (Lipinski definition) is 2. The van der Waals surface area contributed by atoms with Crippen LogP contribution in [0.2, 0.25) is 0 Å². The van der Waals surface area contributed by atoms with Crippen molar-refractivity contribution in [2.75, 3.05) is 32.8 Å². The number of methoxy groups -OCH3 is 3. The van der Waals surface area contributed by atoms with Crippen LogP contribution in [0, 0.1) is 0 Å². The molecule has 1 aromatic heterocycles. The Kier molecular flexibility index (Phi) is 6.11. The number of aromatic nitrogens is 2. The highest BCUT2D eigenvalue weighted by molar-refractivity contribution is 7.59. The Morgan fingerprint density at radius 1 is 1.00 bits per heavy atom. The number of benzene rings is 1. The van der Waals surface area contributed by atoms with Crippen molar-refractivity contribution in [3.63, 3.8) is 0 Å². The van der Waals surface area contributed by atoms with Crippen molar-refractivity contribution in [2.45, 2.75) is 6.42 Å². The predicted molar refractivity (Wildman–Crippen MR) is 90.1 cm³/mol. The van der Waals surface area contributed by atoms with E-state index in [2.05, 4.69) is 9.97 Å². The number of ether oxygens (including phenoxy) is 3. The standard InChI is InChI=1S/C14H18N4O3.H2S/c1-19-10-5-8(6-11(20-2)12(10)21-3)4-9-7-17-14(16)18-13(9)15;/h5-7H,4H2,1-3H3,(H4,15,16,17,18);1H2. The molecule has 7 nitrogen and oxygen atoms in total. The maximum atomic E-state index is 5.85. The molecule has 0 saturated carbocycles. The summed E-state index contributed by atoms with van der Waals surface area (Å²) in [6.07, 6.45) is 2.14. The Labute approximate surface area is 136 Å². The predicted octanol–water partition coefficient (Wildman–Crippen LogP) is 1.37. The summed E-state index contributed by atoms with van der Waals surface area (Å²) in [4.78, 5) is 7.90. The zero-order valence-corrected chi connectivity index (χ0v) is 13.7. The summed E-state index contributed by atoms with van der Waals surface area (Å²) in [6.45, 7) is 0. The van der Waals surface area contributed by atoms with Crippen LogP contribution in [0.3, 0.4) is 0 Å². The third-order valence-electron chi connectivity index (χ3n) is 3.04. The molecule has 0 atom stereocenters. The first kappa shape index (κ1) is 17.7. The number of nitrogens with two attached hydrogens (primary N) is 2. The van der Waals surface area contributed by atoms with Gasteiger partial charge in [-0.25, -0.2) is 4.98 Å². The van der Waals surface area contributed by atoms with Crippen molar-refractivity contribution in [2.24, 2.45) is 0 Å². The average Bonchev–Trinajstić information content (AvgIpc) is 2.49. The van der Waals surface area contributed by atoms with Gasteiger partial charge in [-0.05, 0) is 17.7 Å². The summed E-state index contributed by atoms with van der Waals surface area (Å²) >= 11 is 0. The third-order valence-corrected chi connectivity index (χ3v) is 3.04. The molecule has 8 heteroatoms. The summed E-state index contributed by atoms with van der Waals surface area (Å²) in [6, 6.07) is 3.72. The molecular formula is C14H20N4O3S. The van der Waals surface area contributed by atoms with Crippen LogP contribution < -0.4 is 25.7 Å². The molecule has 0 saturated heterocycles. The van der Waals surface area contributed by atoms with Crippen LogP contribution in [0.5, 0.6) is 17.2 Å². The van der Waals surface area contributed by atoms with E-state index in [1.807, 2.05) is 12.1 Å². The van der Waals surface area contributed by atoms with E-state index in [1.165, 1.54) is 0 Å². The van der Waals surface area contributed by atoms with E-state index < -0.39 is 0 Å². The SMILES string of the molecule is COc1cc(Cc2cnc(N)nc2N)cc(OC)c1OC.S. The Morgan fingerprint density at radius 2 is 1.59 bits per heavy atom. The molecule has 0 unspecified atom stereocenters. The van der Waals surface area contributed by atoms with E-state index in [9.17, 15) is 0 Å². The van der Waals surface area contributed by atoms with Gasteiger partial charge in [0.15, 0.2) is 11.5 Å². The van der Waals surface area contributed by atoms with Crippen molar-refractivity contribution < 1.29 is 14.2 Å². The van der Waals surface area contributed by atoms with Gasteiger partial charge in [0, 0.05) is 18.2 Å². The van der Waals surface area contributed by atoms with Crippen LogP contribution in [0.25, 0.3) is 0 Å². The second-order valence-corrected chi connectivity index (χ2v) is 4.35.